The van der Waals surface area contributed by atoms with Crippen molar-refractivity contribution in [3.8, 4) is 11.6 Å². The summed E-state index contributed by atoms with van der Waals surface area (Å²) in [6, 6.07) is 0. The first kappa shape index (κ1) is 4.79. The lowest BCUT2D eigenvalue weighted by molar-refractivity contribution is 0.632. The van der Waals surface area contributed by atoms with Gasteiger partial charge >= 0.3 is 0 Å². The maximum Gasteiger partial charge on any atom is 0.263 e. The van der Waals surface area contributed by atoms with Gasteiger partial charge in [-0.25, -0.2) is 4.98 Å². The molecule has 1 aliphatic heterocycles. The molecule has 1 aromatic rings. The number of aromatic nitrogens is 1. The Morgan fingerprint density at radius 2 is 2.22 bits per heavy atom. The van der Waals surface area contributed by atoms with Crippen molar-refractivity contribution in [1.29, 1.82) is 0 Å². The summed E-state index contributed by atoms with van der Waals surface area (Å²) in [4.78, 5) is 4.01. The van der Waals surface area contributed by atoms with Crippen LogP contribution in [0.4, 0.5) is 0 Å². The van der Waals surface area contributed by atoms with Crippen molar-refractivity contribution < 1.29 is 4.74 Å². The molecule has 9 heavy (non-hydrogen) atoms. The van der Waals surface area contributed by atoms with Crippen molar-refractivity contribution in [1.82, 2.24) is 4.98 Å². The van der Waals surface area contributed by atoms with Gasteiger partial charge in [-0.1, -0.05) is 0 Å². The number of hydrogen-bond acceptors (Lipinski definition) is 2. The number of ether oxygens (including phenoxy) is 1. The summed E-state index contributed by atoms with van der Waals surface area (Å²) in [6.07, 6.45) is 1.83. The van der Waals surface area contributed by atoms with E-state index in [2.05, 4.69) is 4.98 Å². The van der Waals surface area contributed by atoms with Crippen molar-refractivity contribution in [2.45, 2.75) is 13.8 Å². The molecule has 0 atom stereocenters. The highest BCUT2D eigenvalue weighted by Crippen LogP contribution is 2.46. The minimum atomic E-state index is 0.804. The van der Waals surface area contributed by atoms with E-state index in [1.165, 1.54) is 11.1 Å². The molecule has 0 aliphatic carbocycles. The first-order valence-corrected chi connectivity index (χ1v) is 2.93. The van der Waals surface area contributed by atoms with Gasteiger partial charge in [-0.15, -0.1) is 0 Å². The highest BCUT2D eigenvalue weighted by atomic mass is 16.6. The Morgan fingerprint density at radius 1 is 1.44 bits per heavy atom. The molecule has 0 saturated heterocycles. The maximum absolute atomic E-state index is 5.04. The Kier molecular flexibility index (Phi) is 0.673. The Morgan fingerprint density at radius 3 is 2.89 bits per heavy atom. The van der Waals surface area contributed by atoms with Crippen LogP contribution in [0.25, 0.3) is 0 Å². The predicted molar refractivity (Wildman–Crippen MR) is 33.8 cm³/mol. The minimum absolute atomic E-state index is 0.804. The summed E-state index contributed by atoms with van der Waals surface area (Å²) in [5.74, 6) is 1.79. The molecule has 0 N–H and O–H groups in total. The molecule has 1 aromatic heterocycles. The van der Waals surface area contributed by atoms with E-state index in [-0.39, 0.29) is 0 Å². The molecule has 2 rings (SSSR count). The molecule has 0 aromatic carbocycles. The van der Waals surface area contributed by atoms with Crippen LogP contribution in [0, 0.1) is 13.8 Å². The molecule has 0 radical (unpaired) electrons. The molecular weight excluding hydrogens is 114 g/mol. The van der Waals surface area contributed by atoms with Crippen molar-refractivity contribution >= 4 is 0 Å². The van der Waals surface area contributed by atoms with Crippen LogP contribution in [-0.4, -0.2) is 4.98 Å². The molecule has 46 valence electrons. The summed E-state index contributed by atoms with van der Waals surface area (Å²) in [5.41, 5.74) is 2.42. The normalized spacial score (nSPS) is 12.2. The number of pyridine rings is 1. The molecule has 2 nitrogen and oxygen atoms in total. The van der Waals surface area contributed by atoms with Gasteiger partial charge in [-0.3, -0.25) is 0 Å². The van der Waals surface area contributed by atoms with Gasteiger partial charge in [0, 0.05) is 11.8 Å². The second-order valence-electron chi connectivity index (χ2n) is 2.30. The molecular formula is C7H7NO. The van der Waals surface area contributed by atoms with Crippen LogP contribution in [-0.2, 0) is 0 Å². The summed E-state index contributed by atoms with van der Waals surface area (Å²) in [5, 5.41) is 0. The molecule has 0 fully saturated rings. The number of fused-ring (bicyclic) bond motifs is 1. The molecule has 0 unspecified atom stereocenters. The van der Waals surface area contributed by atoms with Gasteiger partial charge in [0.1, 0.15) is 0 Å². The van der Waals surface area contributed by atoms with Crippen LogP contribution in [0.1, 0.15) is 11.1 Å². The van der Waals surface area contributed by atoms with Gasteiger partial charge in [0.15, 0.2) is 5.75 Å². The highest BCUT2D eigenvalue weighted by molar-refractivity contribution is 5.56. The van der Waals surface area contributed by atoms with Crippen molar-refractivity contribution in [3.05, 3.63) is 17.3 Å². The van der Waals surface area contributed by atoms with E-state index in [0.717, 1.165) is 11.6 Å². The lowest BCUT2D eigenvalue weighted by atomic mass is 10.2. The third kappa shape index (κ3) is 0.529. The van der Waals surface area contributed by atoms with Crippen LogP contribution >= 0.6 is 0 Å². The van der Waals surface area contributed by atoms with Gasteiger partial charge < -0.3 is 4.74 Å². The van der Waals surface area contributed by atoms with Gasteiger partial charge in [0.2, 0.25) is 0 Å². The number of nitrogens with zero attached hydrogens (tertiary/aromatic N) is 1. The fourth-order valence-corrected chi connectivity index (χ4v) is 0.824. The van der Waals surface area contributed by atoms with E-state index in [0.29, 0.717) is 0 Å². The van der Waals surface area contributed by atoms with Crippen LogP contribution in [0.3, 0.4) is 0 Å². The van der Waals surface area contributed by atoms with Gasteiger partial charge in [0.25, 0.3) is 5.88 Å². The first-order valence-electron chi connectivity index (χ1n) is 2.93. The second-order valence-corrected chi connectivity index (χ2v) is 2.30. The number of rotatable bonds is 0. The molecule has 0 bridgehead atoms. The van der Waals surface area contributed by atoms with E-state index < -0.39 is 0 Å². The Bertz CT molecular complexity index is 264. The van der Waals surface area contributed by atoms with E-state index in [4.69, 9.17) is 4.74 Å². The second kappa shape index (κ2) is 1.26. The van der Waals surface area contributed by atoms with E-state index in [1.807, 2.05) is 20.0 Å². The molecule has 0 spiro atoms. The zero-order chi connectivity index (χ0) is 6.43. The number of aryl methyl sites for hydroxylation is 1. The van der Waals surface area contributed by atoms with E-state index in [1.54, 1.807) is 0 Å². The van der Waals surface area contributed by atoms with Crippen molar-refractivity contribution in [2.24, 2.45) is 0 Å². The zero-order valence-electron chi connectivity index (χ0n) is 5.43. The zero-order valence-corrected chi connectivity index (χ0v) is 5.43. The summed E-state index contributed by atoms with van der Waals surface area (Å²) in [6.45, 7) is 4.08. The molecule has 1 aliphatic rings. The molecule has 0 saturated carbocycles. The Labute approximate surface area is 53.5 Å². The topological polar surface area (TPSA) is 25.4 Å². The molecule has 2 heteroatoms. The Balaban J connectivity index is 2.70. The average Bonchev–Trinajstić information content (AvgIpc) is 2.58. The smallest absolute Gasteiger partial charge is 0.263 e. The van der Waals surface area contributed by atoms with Crippen LogP contribution < -0.4 is 4.74 Å². The fourth-order valence-electron chi connectivity index (χ4n) is 0.824. The summed E-state index contributed by atoms with van der Waals surface area (Å²) < 4.78 is 5.04. The number of hydrogen-bond donors (Lipinski definition) is 0. The maximum atomic E-state index is 5.04. The molecule has 2 heterocycles. The van der Waals surface area contributed by atoms with Gasteiger partial charge in [-0.05, 0) is 19.4 Å². The van der Waals surface area contributed by atoms with E-state index in [9.17, 15) is 0 Å². The van der Waals surface area contributed by atoms with Crippen LogP contribution in [0.5, 0.6) is 11.6 Å². The summed E-state index contributed by atoms with van der Waals surface area (Å²) >= 11 is 0. The largest absolute Gasteiger partial charge is 0.430 e. The Hall–Kier alpha value is -1.05. The fraction of sp³-hybridized carbons (Fsp3) is 0.286. The van der Waals surface area contributed by atoms with Gasteiger partial charge in [-0.2, -0.15) is 0 Å². The summed E-state index contributed by atoms with van der Waals surface area (Å²) in [7, 11) is 0. The van der Waals surface area contributed by atoms with E-state index >= 15 is 0 Å². The van der Waals surface area contributed by atoms with Crippen LogP contribution in [0.15, 0.2) is 6.20 Å². The monoisotopic (exact) mass is 121 g/mol. The third-order valence-corrected chi connectivity index (χ3v) is 1.66. The standard InChI is InChI=1S/C7H7NO/c1-4-3-8-7-6(9-7)5(4)2/h3H,1-2H3. The SMILES string of the molecule is Cc1cnc2c(c1C)O2. The lowest BCUT2D eigenvalue weighted by Crippen LogP contribution is -1.74. The molecule has 0 amide bonds. The first-order chi connectivity index (χ1) is 4.29. The average molecular weight is 121 g/mol. The van der Waals surface area contributed by atoms with Crippen LogP contribution in [0.2, 0.25) is 0 Å². The van der Waals surface area contributed by atoms with Gasteiger partial charge in [0.05, 0.1) is 0 Å². The lowest BCUT2D eigenvalue weighted by Gasteiger charge is -1.88. The predicted octanol–water partition coefficient (Wildman–Crippen LogP) is 1.80. The van der Waals surface area contributed by atoms with Crippen molar-refractivity contribution in [3.63, 3.8) is 0 Å². The van der Waals surface area contributed by atoms with Crippen molar-refractivity contribution in [2.75, 3.05) is 0 Å². The third-order valence-electron chi connectivity index (χ3n) is 1.66. The minimum Gasteiger partial charge on any atom is -0.430 e. The highest BCUT2D eigenvalue weighted by Gasteiger charge is 2.24. The quantitative estimate of drug-likeness (QED) is 0.496.